The van der Waals surface area contributed by atoms with Gasteiger partial charge in [0.15, 0.2) is 0 Å². The van der Waals surface area contributed by atoms with Crippen LogP contribution in [0, 0.1) is 11.6 Å². The normalized spacial score (nSPS) is 14.3. The Labute approximate surface area is 196 Å². The molecule has 2 heterocycles. The van der Waals surface area contributed by atoms with Gasteiger partial charge in [-0.1, -0.05) is 12.1 Å². The van der Waals surface area contributed by atoms with E-state index in [1.807, 2.05) is 12.1 Å². The summed E-state index contributed by atoms with van der Waals surface area (Å²) in [5, 5.41) is 3.66. The number of anilines is 1. The number of amides is 1. The number of halogens is 2. The van der Waals surface area contributed by atoms with Crippen LogP contribution in [-0.4, -0.2) is 55.1 Å². The summed E-state index contributed by atoms with van der Waals surface area (Å²) in [4.78, 5) is 21.7. The third kappa shape index (κ3) is 6.52. The number of carbonyl (C=O) groups is 1. The van der Waals surface area contributed by atoms with Gasteiger partial charge >= 0.3 is 0 Å². The zero-order valence-electron chi connectivity index (χ0n) is 18.2. The third-order valence-corrected chi connectivity index (χ3v) is 6.66. The van der Waals surface area contributed by atoms with E-state index < -0.39 is 0 Å². The highest BCUT2D eigenvalue weighted by Crippen LogP contribution is 2.24. The highest BCUT2D eigenvalue weighted by molar-refractivity contribution is 7.98. The van der Waals surface area contributed by atoms with E-state index in [0.29, 0.717) is 22.9 Å². The first kappa shape index (κ1) is 23.2. The number of piperazine rings is 1. The van der Waals surface area contributed by atoms with Crippen molar-refractivity contribution in [2.45, 2.75) is 10.8 Å². The molecule has 0 radical (unpaired) electrons. The van der Waals surface area contributed by atoms with Gasteiger partial charge in [-0.05, 0) is 54.1 Å². The third-order valence-electron chi connectivity index (χ3n) is 5.58. The SMILES string of the molecule is O=C(NCCN1CCN(c2ccc(F)cc2)CC1)c1cccnc1SCc1ccc(F)cc1. The van der Waals surface area contributed by atoms with Crippen molar-refractivity contribution in [3.8, 4) is 0 Å². The second-order valence-electron chi connectivity index (χ2n) is 7.83. The van der Waals surface area contributed by atoms with Gasteiger partial charge in [-0.15, -0.1) is 11.8 Å². The second kappa shape index (κ2) is 11.2. The summed E-state index contributed by atoms with van der Waals surface area (Å²) in [5.74, 6) is -0.0254. The van der Waals surface area contributed by atoms with E-state index >= 15 is 0 Å². The lowest BCUT2D eigenvalue weighted by atomic mass is 10.2. The zero-order valence-corrected chi connectivity index (χ0v) is 19.0. The van der Waals surface area contributed by atoms with Crippen molar-refractivity contribution in [1.82, 2.24) is 15.2 Å². The van der Waals surface area contributed by atoms with Crippen molar-refractivity contribution in [2.24, 2.45) is 0 Å². The van der Waals surface area contributed by atoms with Gasteiger partial charge in [-0.3, -0.25) is 9.69 Å². The van der Waals surface area contributed by atoms with Crippen LogP contribution >= 0.6 is 11.8 Å². The molecule has 1 amide bonds. The number of rotatable bonds is 8. The fourth-order valence-corrected chi connectivity index (χ4v) is 4.66. The first-order chi connectivity index (χ1) is 16.1. The van der Waals surface area contributed by atoms with Gasteiger partial charge in [-0.25, -0.2) is 13.8 Å². The maximum atomic E-state index is 13.1. The van der Waals surface area contributed by atoms with E-state index in [2.05, 4.69) is 20.1 Å². The predicted molar refractivity (Wildman–Crippen MR) is 128 cm³/mol. The number of nitrogens with one attached hydrogen (secondary N) is 1. The quantitative estimate of drug-likeness (QED) is 0.502. The zero-order chi connectivity index (χ0) is 23.0. The molecule has 4 rings (SSSR count). The Balaban J connectivity index is 1.23. The van der Waals surface area contributed by atoms with E-state index in [-0.39, 0.29) is 17.5 Å². The number of benzene rings is 2. The Kier molecular flexibility index (Phi) is 7.91. The fraction of sp³-hybridized carbons (Fsp3) is 0.280. The van der Waals surface area contributed by atoms with Crippen LogP contribution in [0.4, 0.5) is 14.5 Å². The van der Waals surface area contributed by atoms with E-state index in [1.165, 1.54) is 36.0 Å². The Hall–Kier alpha value is -2.97. The van der Waals surface area contributed by atoms with Gasteiger partial charge < -0.3 is 10.2 Å². The highest BCUT2D eigenvalue weighted by Gasteiger charge is 2.18. The summed E-state index contributed by atoms with van der Waals surface area (Å²) < 4.78 is 26.2. The monoisotopic (exact) mass is 468 g/mol. The minimum absolute atomic E-state index is 0.144. The molecule has 1 aliphatic rings. The molecule has 8 heteroatoms. The lowest BCUT2D eigenvalue weighted by molar-refractivity contribution is 0.0944. The molecule has 0 unspecified atom stereocenters. The molecule has 1 fully saturated rings. The minimum atomic E-state index is -0.265. The van der Waals surface area contributed by atoms with Crippen LogP contribution in [-0.2, 0) is 5.75 Å². The van der Waals surface area contributed by atoms with Crippen molar-refractivity contribution in [1.29, 1.82) is 0 Å². The number of pyridine rings is 1. The van der Waals surface area contributed by atoms with Crippen LogP contribution in [0.2, 0.25) is 0 Å². The number of aromatic nitrogens is 1. The molecular weight excluding hydrogens is 442 g/mol. The van der Waals surface area contributed by atoms with Gasteiger partial charge in [0, 0.05) is 56.9 Å². The van der Waals surface area contributed by atoms with Crippen molar-refractivity contribution in [3.63, 3.8) is 0 Å². The van der Waals surface area contributed by atoms with Crippen molar-refractivity contribution in [3.05, 3.63) is 89.6 Å². The summed E-state index contributed by atoms with van der Waals surface area (Å²) in [6.45, 7) is 4.82. The Bertz CT molecular complexity index is 1050. The summed E-state index contributed by atoms with van der Waals surface area (Å²) in [7, 11) is 0. The molecule has 0 bridgehead atoms. The van der Waals surface area contributed by atoms with E-state index in [1.54, 1.807) is 30.5 Å². The Morgan fingerprint density at radius 3 is 2.30 bits per heavy atom. The number of hydrogen-bond acceptors (Lipinski definition) is 5. The first-order valence-electron chi connectivity index (χ1n) is 10.9. The number of hydrogen-bond donors (Lipinski definition) is 1. The van der Waals surface area contributed by atoms with Crippen LogP contribution in [0.5, 0.6) is 0 Å². The Morgan fingerprint density at radius 2 is 1.61 bits per heavy atom. The van der Waals surface area contributed by atoms with Gasteiger partial charge in [-0.2, -0.15) is 0 Å². The first-order valence-corrected chi connectivity index (χ1v) is 11.9. The van der Waals surface area contributed by atoms with Crippen LogP contribution in [0.15, 0.2) is 71.9 Å². The average molecular weight is 469 g/mol. The van der Waals surface area contributed by atoms with E-state index in [4.69, 9.17) is 0 Å². The topological polar surface area (TPSA) is 48.5 Å². The summed E-state index contributed by atoms with van der Waals surface area (Å²) in [6, 6.07) is 16.5. The van der Waals surface area contributed by atoms with Crippen LogP contribution in [0.25, 0.3) is 0 Å². The van der Waals surface area contributed by atoms with Crippen molar-refractivity contribution < 1.29 is 13.6 Å². The highest BCUT2D eigenvalue weighted by atomic mass is 32.2. The number of thioether (sulfide) groups is 1. The molecule has 0 spiro atoms. The fourth-order valence-electron chi connectivity index (χ4n) is 3.72. The van der Waals surface area contributed by atoms with Gasteiger partial charge in [0.2, 0.25) is 0 Å². The lowest BCUT2D eigenvalue weighted by Gasteiger charge is -2.36. The molecule has 2 aromatic carbocycles. The molecule has 0 saturated carbocycles. The number of nitrogens with zero attached hydrogens (tertiary/aromatic N) is 3. The van der Waals surface area contributed by atoms with E-state index in [9.17, 15) is 13.6 Å². The summed E-state index contributed by atoms with van der Waals surface area (Å²) in [6.07, 6.45) is 1.67. The summed E-state index contributed by atoms with van der Waals surface area (Å²) in [5.41, 5.74) is 2.55. The maximum Gasteiger partial charge on any atom is 0.254 e. The molecule has 5 nitrogen and oxygen atoms in total. The second-order valence-corrected chi connectivity index (χ2v) is 8.80. The molecule has 1 saturated heterocycles. The molecule has 0 aliphatic carbocycles. The molecule has 1 aliphatic heterocycles. The van der Waals surface area contributed by atoms with Crippen LogP contribution < -0.4 is 10.2 Å². The lowest BCUT2D eigenvalue weighted by Crippen LogP contribution is -2.48. The molecule has 33 heavy (non-hydrogen) atoms. The van der Waals surface area contributed by atoms with Crippen molar-refractivity contribution in [2.75, 3.05) is 44.2 Å². The minimum Gasteiger partial charge on any atom is -0.369 e. The maximum absolute atomic E-state index is 13.1. The molecule has 1 N–H and O–H groups in total. The standard InChI is InChI=1S/C25H26F2N4OS/c26-20-5-3-19(4-6-20)18-33-25-23(2-1-11-29-25)24(32)28-12-13-30-14-16-31(17-15-30)22-9-7-21(27)8-10-22/h1-11H,12-18H2,(H,28,32). The summed E-state index contributed by atoms with van der Waals surface area (Å²) >= 11 is 1.46. The molecular formula is C25H26F2N4OS. The molecule has 172 valence electrons. The van der Waals surface area contributed by atoms with Gasteiger partial charge in [0.1, 0.15) is 16.7 Å². The smallest absolute Gasteiger partial charge is 0.254 e. The van der Waals surface area contributed by atoms with E-state index in [0.717, 1.165) is 44.0 Å². The Morgan fingerprint density at radius 1 is 0.939 bits per heavy atom. The molecule has 3 aromatic rings. The average Bonchev–Trinajstić information content (AvgIpc) is 2.85. The van der Waals surface area contributed by atoms with Crippen LogP contribution in [0.1, 0.15) is 15.9 Å². The van der Waals surface area contributed by atoms with Gasteiger partial charge in [0.05, 0.1) is 5.56 Å². The largest absolute Gasteiger partial charge is 0.369 e. The van der Waals surface area contributed by atoms with Crippen LogP contribution in [0.3, 0.4) is 0 Å². The number of carbonyl (C=O) groups excluding carboxylic acids is 1. The van der Waals surface area contributed by atoms with Gasteiger partial charge in [0.25, 0.3) is 5.91 Å². The molecule has 1 aromatic heterocycles. The van der Waals surface area contributed by atoms with Crippen molar-refractivity contribution >= 4 is 23.4 Å². The molecule has 0 atom stereocenters. The predicted octanol–water partition coefficient (Wildman–Crippen LogP) is 4.20.